The lowest BCUT2D eigenvalue weighted by molar-refractivity contribution is 0.440. The minimum absolute atomic E-state index is 0.389. The number of aromatic nitrogens is 4. The maximum Gasteiger partial charge on any atom is 0.295 e. The highest BCUT2D eigenvalue weighted by atomic mass is 16.5. The van der Waals surface area contributed by atoms with Crippen molar-refractivity contribution in [3.05, 3.63) is 12.0 Å². The van der Waals surface area contributed by atoms with Crippen molar-refractivity contribution in [2.24, 2.45) is 0 Å². The zero-order valence-electron chi connectivity index (χ0n) is 7.27. The van der Waals surface area contributed by atoms with E-state index < -0.39 is 0 Å². The SMILES string of the molecule is CC.Cc1noc2nncnc12. The number of rotatable bonds is 0. The fourth-order valence-corrected chi connectivity index (χ4v) is 0.729. The van der Waals surface area contributed by atoms with Gasteiger partial charge in [-0.05, 0) is 6.92 Å². The molecule has 0 spiro atoms. The van der Waals surface area contributed by atoms with Crippen LogP contribution in [0.25, 0.3) is 11.2 Å². The van der Waals surface area contributed by atoms with Gasteiger partial charge in [-0.1, -0.05) is 19.0 Å². The van der Waals surface area contributed by atoms with Gasteiger partial charge in [0.1, 0.15) is 12.0 Å². The summed E-state index contributed by atoms with van der Waals surface area (Å²) in [4.78, 5) is 3.91. The van der Waals surface area contributed by atoms with Crippen molar-refractivity contribution in [1.82, 2.24) is 20.3 Å². The highest BCUT2D eigenvalue weighted by molar-refractivity contribution is 5.68. The summed E-state index contributed by atoms with van der Waals surface area (Å²) in [6.07, 6.45) is 1.37. The van der Waals surface area contributed by atoms with Crippen LogP contribution in [0, 0.1) is 6.92 Å². The lowest BCUT2D eigenvalue weighted by atomic mass is 10.4. The summed E-state index contributed by atoms with van der Waals surface area (Å²) < 4.78 is 4.76. The molecular formula is C7H10N4O. The van der Waals surface area contributed by atoms with Crippen LogP contribution in [0.3, 0.4) is 0 Å². The molecule has 0 saturated heterocycles. The minimum atomic E-state index is 0.389. The first-order chi connectivity index (χ1) is 5.88. The monoisotopic (exact) mass is 166 g/mol. The Hall–Kier alpha value is -1.52. The number of nitrogens with zero attached hydrogens (tertiary/aromatic N) is 4. The van der Waals surface area contributed by atoms with Gasteiger partial charge < -0.3 is 4.52 Å². The second kappa shape index (κ2) is 3.75. The van der Waals surface area contributed by atoms with E-state index in [1.807, 2.05) is 13.8 Å². The molecule has 0 aliphatic rings. The Morgan fingerprint density at radius 1 is 1.33 bits per heavy atom. The average Bonchev–Trinajstić information content (AvgIpc) is 2.53. The molecule has 64 valence electrons. The van der Waals surface area contributed by atoms with Gasteiger partial charge in [0.05, 0.1) is 0 Å². The van der Waals surface area contributed by atoms with E-state index in [1.54, 1.807) is 6.92 Å². The zero-order valence-corrected chi connectivity index (χ0v) is 7.27. The fourth-order valence-electron chi connectivity index (χ4n) is 0.729. The van der Waals surface area contributed by atoms with Gasteiger partial charge in [-0.25, -0.2) is 4.98 Å². The summed E-state index contributed by atoms with van der Waals surface area (Å²) in [5.41, 5.74) is 1.81. The Labute approximate surface area is 69.8 Å². The molecule has 0 saturated carbocycles. The predicted molar refractivity (Wildman–Crippen MR) is 43.5 cm³/mol. The molecule has 5 nitrogen and oxygen atoms in total. The van der Waals surface area contributed by atoms with Gasteiger partial charge in [0.25, 0.3) is 5.71 Å². The maximum atomic E-state index is 4.76. The van der Waals surface area contributed by atoms with Crippen LogP contribution in [0.5, 0.6) is 0 Å². The molecule has 2 heterocycles. The quantitative estimate of drug-likeness (QED) is 0.591. The largest absolute Gasteiger partial charge is 0.332 e. The van der Waals surface area contributed by atoms with E-state index in [1.165, 1.54) is 6.33 Å². The molecule has 0 N–H and O–H groups in total. The molecule has 0 amide bonds. The molecule has 0 bridgehead atoms. The predicted octanol–water partition coefficient (Wildman–Crippen LogP) is 1.35. The highest BCUT2D eigenvalue weighted by Crippen LogP contribution is 2.08. The fraction of sp³-hybridized carbons (Fsp3) is 0.429. The Kier molecular flexibility index (Phi) is 2.68. The third kappa shape index (κ3) is 1.39. The van der Waals surface area contributed by atoms with Crippen LogP contribution in [0.1, 0.15) is 19.5 Å². The van der Waals surface area contributed by atoms with Crippen LogP contribution in [0.2, 0.25) is 0 Å². The first-order valence-corrected chi connectivity index (χ1v) is 3.77. The van der Waals surface area contributed by atoms with Gasteiger partial charge in [0.15, 0.2) is 5.52 Å². The third-order valence-electron chi connectivity index (χ3n) is 1.20. The number of fused-ring (bicyclic) bond motifs is 1. The second-order valence-corrected chi connectivity index (χ2v) is 1.88. The van der Waals surface area contributed by atoms with Crippen molar-refractivity contribution in [2.75, 3.05) is 0 Å². The average molecular weight is 166 g/mol. The molecule has 0 radical (unpaired) electrons. The van der Waals surface area contributed by atoms with E-state index in [4.69, 9.17) is 4.52 Å². The third-order valence-corrected chi connectivity index (χ3v) is 1.20. The Bertz CT molecular complexity index is 357. The molecule has 0 aliphatic carbocycles. The number of aryl methyl sites for hydroxylation is 1. The molecule has 5 heteroatoms. The first-order valence-electron chi connectivity index (χ1n) is 3.77. The zero-order chi connectivity index (χ0) is 8.97. The molecule has 0 atom stereocenters. The normalized spacial score (nSPS) is 9.25. The summed E-state index contributed by atoms with van der Waals surface area (Å²) >= 11 is 0. The van der Waals surface area contributed by atoms with Gasteiger partial charge >= 0.3 is 0 Å². The van der Waals surface area contributed by atoms with Gasteiger partial charge in [-0.2, -0.15) is 0 Å². The van der Waals surface area contributed by atoms with Crippen molar-refractivity contribution in [3.8, 4) is 0 Å². The minimum Gasteiger partial charge on any atom is -0.332 e. The van der Waals surface area contributed by atoms with Gasteiger partial charge in [-0.3, -0.25) is 0 Å². The molecule has 2 rings (SSSR count). The summed E-state index contributed by atoms with van der Waals surface area (Å²) in [5, 5.41) is 10.8. The first kappa shape index (κ1) is 8.58. The smallest absolute Gasteiger partial charge is 0.295 e. The summed E-state index contributed by atoms with van der Waals surface area (Å²) in [5.74, 6) is 0. The molecule has 0 aromatic carbocycles. The van der Waals surface area contributed by atoms with Crippen LogP contribution in [0.4, 0.5) is 0 Å². The second-order valence-electron chi connectivity index (χ2n) is 1.88. The lowest BCUT2D eigenvalue weighted by Crippen LogP contribution is -1.82. The maximum absolute atomic E-state index is 4.76. The van der Waals surface area contributed by atoms with Crippen molar-refractivity contribution < 1.29 is 4.52 Å². The molecule has 0 aliphatic heterocycles. The standard InChI is InChI=1S/C5H4N4O.C2H6/c1-3-4-5(10-9-3)8-7-2-6-4;1-2/h2H,1H3;1-2H3. The van der Waals surface area contributed by atoms with Crippen LogP contribution in [-0.4, -0.2) is 20.3 Å². The molecule has 0 fully saturated rings. The van der Waals surface area contributed by atoms with Crippen molar-refractivity contribution in [3.63, 3.8) is 0 Å². The lowest BCUT2D eigenvalue weighted by Gasteiger charge is -1.79. The Balaban J connectivity index is 0.000000336. The van der Waals surface area contributed by atoms with E-state index in [2.05, 4.69) is 20.3 Å². The van der Waals surface area contributed by atoms with Crippen LogP contribution in [-0.2, 0) is 0 Å². The molecule has 2 aromatic heterocycles. The Morgan fingerprint density at radius 3 is 2.75 bits per heavy atom. The summed E-state index contributed by atoms with van der Waals surface area (Å²) in [7, 11) is 0. The van der Waals surface area contributed by atoms with Crippen molar-refractivity contribution in [1.29, 1.82) is 0 Å². The molecule has 0 unspecified atom stereocenters. The van der Waals surface area contributed by atoms with Gasteiger partial charge in [-0.15, -0.1) is 10.2 Å². The van der Waals surface area contributed by atoms with E-state index in [0.29, 0.717) is 11.2 Å². The van der Waals surface area contributed by atoms with E-state index in [9.17, 15) is 0 Å². The summed E-state index contributed by atoms with van der Waals surface area (Å²) in [6, 6.07) is 0. The van der Waals surface area contributed by atoms with Crippen LogP contribution >= 0.6 is 0 Å². The van der Waals surface area contributed by atoms with Crippen molar-refractivity contribution in [2.45, 2.75) is 20.8 Å². The van der Waals surface area contributed by atoms with E-state index >= 15 is 0 Å². The molecule has 12 heavy (non-hydrogen) atoms. The van der Waals surface area contributed by atoms with Crippen LogP contribution < -0.4 is 0 Å². The molecule has 2 aromatic rings. The number of hydrogen-bond donors (Lipinski definition) is 0. The molecular weight excluding hydrogens is 156 g/mol. The van der Waals surface area contributed by atoms with Crippen molar-refractivity contribution >= 4 is 11.2 Å². The number of hydrogen-bond acceptors (Lipinski definition) is 5. The Morgan fingerprint density at radius 2 is 2.08 bits per heavy atom. The van der Waals surface area contributed by atoms with Gasteiger partial charge in [0, 0.05) is 0 Å². The van der Waals surface area contributed by atoms with E-state index in [0.717, 1.165) is 5.69 Å². The topological polar surface area (TPSA) is 64.7 Å². The van der Waals surface area contributed by atoms with Crippen LogP contribution in [0.15, 0.2) is 10.9 Å². The highest BCUT2D eigenvalue weighted by Gasteiger charge is 2.03. The van der Waals surface area contributed by atoms with Gasteiger partial charge in [0.2, 0.25) is 0 Å². The van der Waals surface area contributed by atoms with E-state index in [-0.39, 0.29) is 0 Å². The summed E-state index contributed by atoms with van der Waals surface area (Å²) in [6.45, 7) is 5.81.